The molecule has 0 aromatic heterocycles. The number of hydrogen-bond donors (Lipinski definition) is 1. The number of methoxy groups -OCH3 is 1. The number of halogens is 1. The summed E-state index contributed by atoms with van der Waals surface area (Å²) in [4.78, 5) is 0.262. The van der Waals surface area contributed by atoms with Gasteiger partial charge in [-0.1, -0.05) is 11.6 Å². The molecule has 118 valence electrons. The van der Waals surface area contributed by atoms with E-state index in [-0.39, 0.29) is 11.4 Å². The summed E-state index contributed by atoms with van der Waals surface area (Å²) in [5.41, 5.74) is 6.23. The molecule has 1 aliphatic heterocycles. The number of hydrogen-bond acceptors (Lipinski definition) is 4. The molecule has 0 aliphatic carbocycles. The Kier molecular flexibility index (Phi) is 5.62. The van der Waals surface area contributed by atoms with Gasteiger partial charge in [-0.2, -0.15) is 4.31 Å². The molecule has 0 spiro atoms. The first-order valence-corrected chi connectivity index (χ1v) is 8.78. The summed E-state index contributed by atoms with van der Waals surface area (Å²) in [6, 6.07) is 4.70. The van der Waals surface area contributed by atoms with Gasteiger partial charge in [0.05, 0.1) is 4.90 Å². The van der Waals surface area contributed by atoms with Crippen molar-refractivity contribution in [3.05, 3.63) is 28.8 Å². The molecule has 0 saturated carbocycles. The molecule has 1 fully saturated rings. The fourth-order valence-corrected chi connectivity index (χ4v) is 4.28. The molecule has 1 aromatic rings. The minimum absolute atomic E-state index is 0.220. The zero-order chi connectivity index (χ0) is 15.5. The largest absolute Gasteiger partial charge is 0.384 e. The van der Waals surface area contributed by atoms with E-state index in [1.54, 1.807) is 19.2 Å². The summed E-state index contributed by atoms with van der Waals surface area (Å²) in [6.07, 6.45) is 1.65. The molecular formula is C14H21ClN2O3S. The quantitative estimate of drug-likeness (QED) is 0.893. The number of benzene rings is 1. The van der Waals surface area contributed by atoms with E-state index in [0.717, 1.165) is 12.8 Å². The van der Waals surface area contributed by atoms with Gasteiger partial charge in [-0.3, -0.25) is 0 Å². The Hall–Kier alpha value is -0.660. The van der Waals surface area contributed by atoms with Gasteiger partial charge in [0, 0.05) is 38.4 Å². The monoisotopic (exact) mass is 332 g/mol. The molecule has 7 heteroatoms. The highest BCUT2D eigenvalue weighted by Crippen LogP contribution is 2.26. The number of rotatable bonds is 5. The Morgan fingerprint density at radius 3 is 2.62 bits per heavy atom. The standard InChI is InChI=1S/C14H21ClN2O3S/c1-20-10-11-4-6-17(7-5-11)21(18,19)13-2-3-14(15)12(8-13)9-16/h2-3,8,11H,4-7,9-10,16H2,1H3. The van der Waals surface area contributed by atoms with Crippen LogP contribution in [0.5, 0.6) is 0 Å². The van der Waals surface area contributed by atoms with Crippen molar-refractivity contribution >= 4 is 21.6 Å². The van der Waals surface area contributed by atoms with Crippen molar-refractivity contribution in [1.82, 2.24) is 4.31 Å². The highest BCUT2D eigenvalue weighted by atomic mass is 35.5. The molecule has 5 nitrogen and oxygen atoms in total. The van der Waals surface area contributed by atoms with Crippen molar-refractivity contribution in [1.29, 1.82) is 0 Å². The maximum absolute atomic E-state index is 12.6. The third-order valence-corrected chi connectivity index (χ3v) is 6.11. The van der Waals surface area contributed by atoms with Crippen molar-refractivity contribution in [3.63, 3.8) is 0 Å². The van der Waals surface area contributed by atoms with E-state index in [0.29, 0.717) is 36.2 Å². The zero-order valence-electron chi connectivity index (χ0n) is 12.1. The first-order chi connectivity index (χ1) is 9.98. The van der Waals surface area contributed by atoms with Crippen LogP contribution >= 0.6 is 11.6 Å². The fraction of sp³-hybridized carbons (Fsp3) is 0.571. The Labute approximate surface area is 131 Å². The molecule has 1 aromatic carbocycles. The van der Waals surface area contributed by atoms with Gasteiger partial charge in [-0.25, -0.2) is 8.42 Å². The molecule has 21 heavy (non-hydrogen) atoms. The molecule has 0 unspecified atom stereocenters. The smallest absolute Gasteiger partial charge is 0.243 e. The highest BCUT2D eigenvalue weighted by molar-refractivity contribution is 7.89. The summed E-state index contributed by atoms with van der Waals surface area (Å²) < 4.78 is 31.9. The summed E-state index contributed by atoms with van der Waals surface area (Å²) >= 11 is 5.98. The number of sulfonamides is 1. The van der Waals surface area contributed by atoms with Gasteiger partial charge in [-0.15, -0.1) is 0 Å². The van der Waals surface area contributed by atoms with Crippen LogP contribution in [-0.2, 0) is 21.3 Å². The highest BCUT2D eigenvalue weighted by Gasteiger charge is 2.29. The zero-order valence-corrected chi connectivity index (χ0v) is 13.7. The van der Waals surface area contributed by atoms with E-state index in [4.69, 9.17) is 22.1 Å². The maximum atomic E-state index is 12.6. The van der Waals surface area contributed by atoms with E-state index in [1.165, 1.54) is 10.4 Å². The van der Waals surface area contributed by atoms with Gasteiger partial charge in [-0.05, 0) is 42.5 Å². The lowest BCUT2D eigenvalue weighted by Gasteiger charge is -2.30. The van der Waals surface area contributed by atoms with Crippen molar-refractivity contribution in [3.8, 4) is 0 Å². The van der Waals surface area contributed by atoms with Crippen molar-refractivity contribution in [2.45, 2.75) is 24.3 Å². The molecule has 0 amide bonds. The van der Waals surface area contributed by atoms with E-state index >= 15 is 0 Å². The molecule has 2 N–H and O–H groups in total. The third kappa shape index (κ3) is 3.76. The summed E-state index contributed by atoms with van der Waals surface area (Å²) in [5.74, 6) is 0.436. The minimum atomic E-state index is -3.47. The van der Waals surface area contributed by atoms with Crippen LogP contribution in [0, 0.1) is 5.92 Å². The van der Waals surface area contributed by atoms with E-state index < -0.39 is 10.0 Å². The van der Waals surface area contributed by atoms with Crippen LogP contribution in [0.25, 0.3) is 0 Å². The number of nitrogens with two attached hydrogens (primary N) is 1. The van der Waals surface area contributed by atoms with Crippen molar-refractivity contribution in [2.24, 2.45) is 11.7 Å². The molecule has 0 atom stereocenters. The Morgan fingerprint density at radius 2 is 2.05 bits per heavy atom. The lowest BCUT2D eigenvalue weighted by molar-refractivity contribution is 0.121. The first kappa shape index (κ1) is 16.7. The lowest BCUT2D eigenvalue weighted by Crippen LogP contribution is -2.39. The molecular weight excluding hydrogens is 312 g/mol. The Balaban J connectivity index is 2.15. The number of piperidine rings is 1. The topological polar surface area (TPSA) is 72.6 Å². The molecule has 1 aliphatic rings. The SMILES string of the molecule is COCC1CCN(S(=O)(=O)c2ccc(Cl)c(CN)c2)CC1. The van der Waals surface area contributed by atoms with Crippen LogP contribution in [0.4, 0.5) is 0 Å². The molecule has 0 bridgehead atoms. The van der Waals surface area contributed by atoms with Crippen LogP contribution in [0.3, 0.4) is 0 Å². The predicted octanol–water partition coefficient (Wildman–Crippen LogP) is 1.85. The fourth-order valence-electron chi connectivity index (χ4n) is 2.57. The molecule has 1 saturated heterocycles. The second-order valence-corrected chi connectivity index (χ2v) is 7.61. The predicted molar refractivity (Wildman–Crippen MR) is 82.7 cm³/mol. The van der Waals surface area contributed by atoms with Gasteiger partial charge in [0.1, 0.15) is 0 Å². The summed E-state index contributed by atoms with van der Waals surface area (Å²) in [7, 11) is -1.80. The van der Waals surface area contributed by atoms with Gasteiger partial charge >= 0.3 is 0 Å². The van der Waals surface area contributed by atoms with Gasteiger partial charge < -0.3 is 10.5 Å². The average molecular weight is 333 g/mol. The number of ether oxygens (including phenoxy) is 1. The third-order valence-electron chi connectivity index (χ3n) is 3.85. The van der Waals surface area contributed by atoms with Crippen LogP contribution in [0.2, 0.25) is 5.02 Å². The summed E-state index contributed by atoms with van der Waals surface area (Å²) in [6.45, 7) is 1.96. The Morgan fingerprint density at radius 1 is 1.38 bits per heavy atom. The van der Waals surface area contributed by atoms with Crippen molar-refractivity contribution in [2.75, 3.05) is 26.8 Å². The van der Waals surface area contributed by atoms with Gasteiger partial charge in [0.25, 0.3) is 0 Å². The van der Waals surface area contributed by atoms with Crippen LogP contribution in [-0.4, -0.2) is 39.5 Å². The van der Waals surface area contributed by atoms with Crippen molar-refractivity contribution < 1.29 is 13.2 Å². The lowest BCUT2D eigenvalue weighted by atomic mass is 9.99. The second-order valence-electron chi connectivity index (χ2n) is 5.26. The molecule has 1 heterocycles. The van der Waals surface area contributed by atoms with Crippen LogP contribution in [0.15, 0.2) is 23.1 Å². The Bertz CT molecular complexity index is 584. The minimum Gasteiger partial charge on any atom is -0.384 e. The summed E-state index contributed by atoms with van der Waals surface area (Å²) in [5, 5.41) is 0.496. The van der Waals surface area contributed by atoms with Crippen LogP contribution < -0.4 is 5.73 Å². The number of nitrogens with zero attached hydrogens (tertiary/aromatic N) is 1. The van der Waals surface area contributed by atoms with E-state index in [9.17, 15) is 8.42 Å². The maximum Gasteiger partial charge on any atom is 0.243 e. The van der Waals surface area contributed by atoms with E-state index in [2.05, 4.69) is 0 Å². The molecule has 2 rings (SSSR count). The van der Waals surface area contributed by atoms with Crippen LogP contribution in [0.1, 0.15) is 18.4 Å². The van der Waals surface area contributed by atoms with Gasteiger partial charge in [0.15, 0.2) is 0 Å². The normalized spacial score (nSPS) is 18.0. The van der Waals surface area contributed by atoms with Gasteiger partial charge in [0.2, 0.25) is 10.0 Å². The average Bonchev–Trinajstić information content (AvgIpc) is 2.48. The first-order valence-electron chi connectivity index (χ1n) is 6.96. The second kappa shape index (κ2) is 7.07. The molecule has 0 radical (unpaired) electrons. The van der Waals surface area contributed by atoms with E-state index in [1.807, 2.05) is 0 Å².